The number of carboxylic acid groups (broad SMARTS) is 1. The van der Waals surface area contributed by atoms with Gasteiger partial charge in [-0.25, -0.2) is 9.78 Å². The zero-order chi connectivity index (χ0) is 14.8. The van der Waals surface area contributed by atoms with Gasteiger partial charge in [0.25, 0.3) is 0 Å². The third kappa shape index (κ3) is 2.87. The summed E-state index contributed by atoms with van der Waals surface area (Å²) in [4.78, 5) is 15.3. The minimum atomic E-state index is -1.08. The summed E-state index contributed by atoms with van der Waals surface area (Å²) in [6, 6.07) is 16.2. The number of aromatic nitrogens is 1. The van der Waals surface area contributed by atoms with E-state index in [1.165, 1.54) is 6.07 Å². The lowest BCUT2D eigenvalue weighted by Crippen LogP contribution is -2.02. The fourth-order valence-electron chi connectivity index (χ4n) is 2.00. The Morgan fingerprint density at radius 2 is 1.90 bits per heavy atom. The van der Waals surface area contributed by atoms with Crippen LogP contribution >= 0.6 is 15.9 Å². The number of pyridine rings is 1. The summed E-state index contributed by atoms with van der Waals surface area (Å²) < 4.78 is 6.63. The molecule has 1 heterocycles. The van der Waals surface area contributed by atoms with Gasteiger partial charge in [0, 0.05) is 9.86 Å². The fraction of sp³-hybridized carbons (Fsp3) is 0. The van der Waals surface area contributed by atoms with Gasteiger partial charge in [0.1, 0.15) is 5.75 Å². The smallest absolute Gasteiger partial charge is 0.354 e. The molecule has 0 aliphatic rings. The summed E-state index contributed by atoms with van der Waals surface area (Å²) >= 11 is 3.37. The van der Waals surface area contributed by atoms with Crippen LogP contribution in [0.1, 0.15) is 10.5 Å². The van der Waals surface area contributed by atoms with Crippen molar-refractivity contribution in [2.24, 2.45) is 0 Å². The second-order valence-electron chi connectivity index (χ2n) is 4.40. The van der Waals surface area contributed by atoms with Crippen molar-refractivity contribution in [3.8, 4) is 11.6 Å². The van der Waals surface area contributed by atoms with Crippen molar-refractivity contribution >= 4 is 32.7 Å². The van der Waals surface area contributed by atoms with Crippen molar-refractivity contribution in [2.45, 2.75) is 0 Å². The van der Waals surface area contributed by atoms with Gasteiger partial charge in [-0.15, -0.1) is 0 Å². The molecular formula is C16H10BrNO3. The number of carboxylic acids is 1. The van der Waals surface area contributed by atoms with E-state index in [-0.39, 0.29) is 11.6 Å². The first-order valence-corrected chi connectivity index (χ1v) is 6.99. The van der Waals surface area contributed by atoms with Gasteiger partial charge in [-0.3, -0.25) is 0 Å². The van der Waals surface area contributed by atoms with Crippen LogP contribution in [0.3, 0.4) is 0 Å². The van der Waals surface area contributed by atoms with E-state index in [0.29, 0.717) is 5.75 Å². The van der Waals surface area contributed by atoms with E-state index in [0.717, 1.165) is 15.2 Å². The minimum absolute atomic E-state index is 0.0429. The highest BCUT2D eigenvalue weighted by atomic mass is 79.9. The van der Waals surface area contributed by atoms with E-state index < -0.39 is 5.97 Å². The molecule has 0 saturated heterocycles. The van der Waals surface area contributed by atoms with Crippen LogP contribution in [0.2, 0.25) is 0 Å². The van der Waals surface area contributed by atoms with Gasteiger partial charge in [0.2, 0.25) is 5.88 Å². The largest absolute Gasteiger partial charge is 0.477 e. The number of ether oxygens (including phenoxy) is 1. The molecule has 0 atom stereocenters. The van der Waals surface area contributed by atoms with Crippen molar-refractivity contribution in [1.82, 2.24) is 4.98 Å². The third-order valence-corrected chi connectivity index (χ3v) is 3.43. The van der Waals surface area contributed by atoms with Crippen molar-refractivity contribution in [3.63, 3.8) is 0 Å². The Morgan fingerprint density at radius 3 is 2.67 bits per heavy atom. The Morgan fingerprint density at radius 1 is 1.10 bits per heavy atom. The minimum Gasteiger partial charge on any atom is -0.477 e. The Labute approximate surface area is 129 Å². The van der Waals surface area contributed by atoms with Crippen LogP contribution in [0.5, 0.6) is 11.6 Å². The standard InChI is InChI=1S/C16H10BrNO3/c17-11-5-3-6-12(9-11)21-15-13-7-2-1-4-10(13)8-14(18-15)16(19)20/h1-9H,(H,19,20). The molecule has 0 radical (unpaired) electrons. The van der Waals surface area contributed by atoms with Crippen molar-refractivity contribution in [3.05, 3.63) is 64.8 Å². The predicted molar refractivity (Wildman–Crippen MR) is 82.9 cm³/mol. The van der Waals surface area contributed by atoms with E-state index in [4.69, 9.17) is 9.84 Å². The monoisotopic (exact) mass is 343 g/mol. The number of rotatable bonds is 3. The van der Waals surface area contributed by atoms with Crippen LogP contribution in [-0.2, 0) is 0 Å². The van der Waals surface area contributed by atoms with Crippen LogP contribution in [-0.4, -0.2) is 16.1 Å². The Hall–Kier alpha value is -2.40. The van der Waals surface area contributed by atoms with Crippen LogP contribution in [0, 0.1) is 0 Å². The first-order valence-electron chi connectivity index (χ1n) is 6.20. The first-order chi connectivity index (χ1) is 10.1. The summed E-state index contributed by atoms with van der Waals surface area (Å²) in [7, 11) is 0. The van der Waals surface area contributed by atoms with Gasteiger partial charge in [-0.05, 0) is 35.7 Å². The normalized spacial score (nSPS) is 10.5. The average Bonchev–Trinajstić information content (AvgIpc) is 2.47. The molecule has 0 fully saturated rings. The number of nitrogens with zero attached hydrogens (tertiary/aromatic N) is 1. The summed E-state index contributed by atoms with van der Waals surface area (Å²) in [6.07, 6.45) is 0. The average molecular weight is 344 g/mol. The second-order valence-corrected chi connectivity index (χ2v) is 5.31. The lowest BCUT2D eigenvalue weighted by molar-refractivity contribution is 0.0690. The molecule has 0 aliphatic carbocycles. The zero-order valence-electron chi connectivity index (χ0n) is 10.8. The van der Waals surface area contributed by atoms with E-state index in [1.54, 1.807) is 12.1 Å². The van der Waals surface area contributed by atoms with Crippen molar-refractivity contribution in [2.75, 3.05) is 0 Å². The number of aromatic carboxylic acids is 1. The lowest BCUT2D eigenvalue weighted by Gasteiger charge is -2.09. The third-order valence-electron chi connectivity index (χ3n) is 2.94. The summed E-state index contributed by atoms with van der Waals surface area (Å²) in [5.74, 6) is -0.215. The number of hydrogen-bond acceptors (Lipinski definition) is 3. The highest BCUT2D eigenvalue weighted by Gasteiger charge is 2.12. The second kappa shape index (κ2) is 5.54. The first kappa shape index (κ1) is 13.6. The maximum atomic E-state index is 11.2. The van der Waals surface area contributed by atoms with E-state index in [9.17, 15) is 4.79 Å². The van der Waals surface area contributed by atoms with Gasteiger partial charge in [0.15, 0.2) is 5.69 Å². The Bertz CT molecular complexity index is 833. The maximum Gasteiger partial charge on any atom is 0.354 e. The van der Waals surface area contributed by atoms with Gasteiger partial charge >= 0.3 is 5.97 Å². The molecule has 0 amide bonds. The molecule has 0 bridgehead atoms. The molecular weight excluding hydrogens is 334 g/mol. The highest BCUT2D eigenvalue weighted by molar-refractivity contribution is 9.10. The number of fused-ring (bicyclic) bond motifs is 1. The number of hydrogen-bond donors (Lipinski definition) is 1. The molecule has 0 unspecified atom stereocenters. The Kier molecular flexibility index (Phi) is 3.58. The number of benzene rings is 2. The molecule has 2 aromatic carbocycles. The van der Waals surface area contributed by atoms with Crippen molar-refractivity contribution < 1.29 is 14.6 Å². The van der Waals surface area contributed by atoms with Gasteiger partial charge in [-0.1, -0.05) is 40.2 Å². The van der Waals surface area contributed by atoms with E-state index >= 15 is 0 Å². The van der Waals surface area contributed by atoms with Crippen LogP contribution < -0.4 is 4.74 Å². The van der Waals surface area contributed by atoms with Crippen molar-refractivity contribution in [1.29, 1.82) is 0 Å². The lowest BCUT2D eigenvalue weighted by atomic mass is 10.1. The van der Waals surface area contributed by atoms with Crippen LogP contribution in [0.15, 0.2) is 59.1 Å². The number of carbonyl (C=O) groups is 1. The molecule has 4 nitrogen and oxygen atoms in total. The maximum absolute atomic E-state index is 11.2. The molecule has 3 aromatic rings. The van der Waals surface area contributed by atoms with Gasteiger partial charge in [0.05, 0.1) is 0 Å². The summed E-state index contributed by atoms with van der Waals surface area (Å²) in [6.45, 7) is 0. The fourth-order valence-corrected chi connectivity index (χ4v) is 2.37. The summed E-state index contributed by atoms with van der Waals surface area (Å²) in [5, 5.41) is 10.7. The van der Waals surface area contributed by atoms with E-state index in [2.05, 4.69) is 20.9 Å². The topological polar surface area (TPSA) is 59.4 Å². The van der Waals surface area contributed by atoms with Crippen LogP contribution in [0.4, 0.5) is 0 Å². The molecule has 21 heavy (non-hydrogen) atoms. The van der Waals surface area contributed by atoms with Gasteiger partial charge < -0.3 is 9.84 Å². The molecule has 1 aromatic heterocycles. The molecule has 104 valence electrons. The molecule has 0 saturated carbocycles. The van der Waals surface area contributed by atoms with Gasteiger partial charge in [-0.2, -0.15) is 0 Å². The molecule has 3 rings (SSSR count). The van der Waals surface area contributed by atoms with E-state index in [1.807, 2.05) is 36.4 Å². The predicted octanol–water partition coefficient (Wildman–Crippen LogP) is 4.49. The molecule has 5 heteroatoms. The molecule has 0 spiro atoms. The molecule has 1 N–H and O–H groups in total. The highest BCUT2D eigenvalue weighted by Crippen LogP contribution is 2.30. The molecule has 0 aliphatic heterocycles. The summed E-state index contributed by atoms with van der Waals surface area (Å²) in [5.41, 5.74) is -0.0429. The quantitative estimate of drug-likeness (QED) is 0.761. The van der Waals surface area contributed by atoms with Crippen LogP contribution in [0.25, 0.3) is 10.8 Å². The number of halogens is 1. The SMILES string of the molecule is O=C(O)c1cc2ccccc2c(Oc2cccc(Br)c2)n1. The Balaban J connectivity index is 2.13. The zero-order valence-corrected chi connectivity index (χ0v) is 12.4.